The molecule has 3 nitrogen and oxygen atoms in total. The van der Waals surface area contributed by atoms with Crippen LogP contribution in [0.2, 0.25) is 0 Å². The van der Waals surface area contributed by atoms with Gasteiger partial charge >= 0.3 is 0 Å². The van der Waals surface area contributed by atoms with Crippen LogP contribution >= 0.6 is 0 Å². The first-order valence-electron chi connectivity index (χ1n) is 4.86. The summed E-state index contributed by atoms with van der Waals surface area (Å²) >= 11 is 0. The van der Waals surface area contributed by atoms with E-state index in [1.54, 1.807) is 0 Å². The zero-order valence-corrected chi connectivity index (χ0v) is 7.41. The minimum atomic E-state index is 0.285. The normalized spacial score (nSPS) is 30.0. The molecule has 2 fully saturated rings. The molecule has 1 unspecified atom stereocenters. The van der Waals surface area contributed by atoms with E-state index in [4.69, 9.17) is 9.84 Å². The van der Waals surface area contributed by atoms with Gasteiger partial charge in [-0.1, -0.05) is 0 Å². The van der Waals surface area contributed by atoms with Crippen LogP contribution in [0.4, 0.5) is 0 Å². The average Bonchev–Trinajstić information content (AvgIpc) is 2.77. The Morgan fingerprint density at radius 2 is 2.08 bits per heavy atom. The Balaban J connectivity index is 1.85. The van der Waals surface area contributed by atoms with E-state index in [0.29, 0.717) is 6.04 Å². The van der Waals surface area contributed by atoms with Crippen LogP contribution in [0.15, 0.2) is 0 Å². The Morgan fingerprint density at radius 1 is 1.25 bits per heavy atom. The maximum atomic E-state index is 8.89. The van der Waals surface area contributed by atoms with Crippen molar-refractivity contribution in [2.75, 3.05) is 26.4 Å². The maximum Gasteiger partial charge on any atom is 0.0622 e. The van der Waals surface area contributed by atoms with Crippen molar-refractivity contribution < 1.29 is 9.84 Å². The molecule has 0 amide bonds. The Morgan fingerprint density at radius 3 is 2.58 bits per heavy atom. The molecular formula is C9H17NO2. The van der Waals surface area contributed by atoms with E-state index in [0.717, 1.165) is 32.2 Å². The highest BCUT2D eigenvalue weighted by atomic mass is 16.5. The molecule has 1 atom stereocenters. The van der Waals surface area contributed by atoms with Gasteiger partial charge < -0.3 is 9.84 Å². The summed E-state index contributed by atoms with van der Waals surface area (Å²) < 4.78 is 5.34. The number of rotatable bonds is 4. The molecule has 0 bridgehead atoms. The van der Waals surface area contributed by atoms with Crippen LogP contribution in [0.3, 0.4) is 0 Å². The van der Waals surface area contributed by atoms with Crippen LogP contribution in [-0.2, 0) is 4.74 Å². The molecule has 1 saturated heterocycles. The molecule has 70 valence electrons. The van der Waals surface area contributed by atoms with E-state index >= 15 is 0 Å². The third kappa shape index (κ3) is 1.79. The highest BCUT2D eigenvalue weighted by Crippen LogP contribution is 2.30. The first kappa shape index (κ1) is 8.48. The fourth-order valence-corrected chi connectivity index (χ4v) is 1.97. The smallest absolute Gasteiger partial charge is 0.0622 e. The van der Waals surface area contributed by atoms with Gasteiger partial charge in [-0.25, -0.2) is 0 Å². The Hall–Kier alpha value is -0.120. The van der Waals surface area contributed by atoms with Gasteiger partial charge in [0, 0.05) is 25.2 Å². The van der Waals surface area contributed by atoms with Crippen LogP contribution in [0.25, 0.3) is 0 Å². The van der Waals surface area contributed by atoms with Crippen LogP contribution in [-0.4, -0.2) is 48.5 Å². The summed E-state index contributed by atoms with van der Waals surface area (Å²) in [5, 5.41) is 8.89. The lowest BCUT2D eigenvalue weighted by atomic mass is 10.2. The van der Waals surface area contributed by atoms with E-state index in [2.05, 4.69) is 4.90 Å². The number of ether oxygens (including phenoxy) is 1. The molecule has 0 spiro atoms. The molecule has 12 heavy (non-hydrogen) atoms. The third-order valence-electron chi connectivity index (χ3n) is 2.75. The Bertz CT molecular complexity index is 141. The standard InChI is InChI=1S/C9H17NO2/c11-5-4-10(8-1-2-8)9-3-6-12-7-9/h8-9,11H,1-7H2. The lowest BCUT2D eigenvalue weighted by molar-refractivity contribution is 0.118. The monoisotopic (exact) mass is 171 g/mol. The Labute approximate surface area is 73.3 Å². The fourth-order valence-electron chi connectivity index (χ4n) is 1.97. The topological polar surface area (TPSA) is 32.7 Å². The van der Waals surface area contributed by atoms with Crippen molar-refractivity contribution in [3.05, 3.63) is 0 Å². The predicted octanol–water partition coefficient (Wildman–Crippen LogP) is 0.232. The number of hydrogen-bond donors (Lipinski definition) is 1. The van der Waals surface area contributed by atoms with Gasteiger partial charge in [-0.05, 0) is 19.3 Å². The second-order valence-corrected chi connectivity index (χ2v) is 3.71. The summed E-state index contributed by atoms with van der Waals surface area (Å²) in [5.74, 6) is 0. The molecule has 1 N–H and O–H groups in total. The molecule has 1 aliphatic carbocycles. The lowest BCUT2D eigenvalue weighted by Crippen LogP contribution is -2.39. The molecule has 1 aliphatic heterocycles. The van der Waals surface area contributed by atoms with Gasteiger partial charge in [-0.15, -0.1) is 0 Å². The Kier molecular flexibility index (Phi) is 2.63. The van der Waals surface area contributed by atoms with E-state index in [1.165, 1.54) is 12.8 Å². The van der Waals surface area contributed by atoms with Crippen LogP contribution in [0.5, 0.6) is 0 Å². The summed E-state index contributed by atoms with van der Waals surface area (Å²) in [6.45, 7) is 2.89. The number of aliphatic hydroxyl groups is 1. The summed E-state index contributed by atoms with van der Waals surface area (Å²) in [7, 11) is 0. The second-order valence-electron chi connectivity index (χ2n) is 3.71. The summed E-state index contributed by atoms with van der Waals surface area (Å²) in [5.41, 5.74) is 0. The second kappa shape index (κ2) is 3.73. The fraction of sp³-hybridized carbons (Fsp3) is 1.00. The van der Waals surface area contributed by atoms with Gasteiger partial charge in [0.1, 0.15) is 0 Å². The van der Waals surface area contributed by atoms with E-state index in [-0.39, 0.29) is 6.61 Å². The zero-order chi connectivity index (χ0) is 8.39. The van der Waals surface area contributed by atoms with Crippen molar-refractivity contribution in [1.29, 1.82) is 0 Å². The SMILES string of the molecule is OCCN(C1CC1)C1CCOC1. The number of nitrogens with zero attached hydrogens (tertiary/aromatic N) is 1. The van der Waals surface area contributed by atoms with Crippen molar-refractivity contribution in [3.63, 3.8) is 0 Å². The van der Waals surface area contributed by atoms with Crippen LogP contribution in [0.1, 0.15) is 19.3 Å². The van der Waals surface area contributed by atoms with Crippen molar-refractivity contribution in [2.45, 2.75) is 31.3 Å². The molecule has 0 radical (unpaired) electrons. The van der Waals surface area contributed by atoms with Gasteiger partial charge in [0.05, 0.1) is 13.2 Å². The molecule has 0 aromatic rings. The number of aliphatic hydroxyl groups excluding tert-OH is 1. The van der Waals surface area contributed by atoms with Crippen molar-refractivity contribution >= 4 is 0 Å². The molecule has 3 heteroatoms. The molecule has 2 aliphatic rings. The minimum absolute atomic E-state index is 0.285. The first-order valence-corrected chi connectivity index (χ1v) is 4.86. The molecule has 0 aromatic carbocycles. The number of hydrogen-bond acceptors (Lipinski definition) is 3. The molecule has 2 rings (SSSR count). The minimum Gasteiger partial charge on any atom is -0.395 e. The first-order chi connectivity index (χ1) is 5.92. The van der Waals surface area contributed by atoms with Gasteiger partial charge in [-0.3, -0.25) is 4.90 Å². The quantitative estimate of drug-likeness (QED) is 0.657. The lowest BCUT2D eigenvalue weighted by Gasteiger charge is -2.26. The van der Waals surface area contributed by atoms with E-state index in [1.807, 2.05) is 0 Å². The highest BCUT2D eigenvalue weighted by Gasteiger charge is 2.34. The van der Waals surface area contributed by atoms with Crippen LogP contribution in [0, 0.1) is 0 Å². The largest absolute Gasteiger partial charge is 0.395 e. The molecule has 1 saturated carbocycles. The summed E-state index contributed by atoms with van der Waals surface area (Å²) in [6, 6.07) is 1.34. The maximum absolute atomic E-state index is 8.89. The van der Waals surface area contributed by atoms with Crippen molar-refractivity contribution in [3.8, 4) is 0 Å². The van der Waals surface area contributed by atoms with Gasteiger partial charge in [0.2, 0.25) is 0 Å². The van der Waals surface area contributed by atoms with E-state index in [9.17, 15) is 0 Å². The van der Waals surface area contributed by atoms with Gasteiger partial charge in [0.25, 0.3) is 0 Å². The van der Waals surface area contributed by atoms with Gasteiger partial charge in [-0.2, -0.15) is 0 Å². The highest BCUT2D eigenvalue weighted by molar-refractivity contribution is 4.89. The summed E-state index contributed by atoms with van der Waals surface area (Å²) in [4.78, 5) is 2.42. The van der Waals surface area contributed by atoms with E-state index < -0.39 is 0 Å². The molecular weight excluding hydrogens is 154 g/mol. The third-order valence-corrected chi connectivity index (χ3v) is 2.75. The zero-order valence-electron chi connectivity index (χ0n) is 7.41. The molecule has 1 heterocycles. The molecule has 0 aromatic heterocycles. The van der Waals surface area contributed by atoms with Crippen molar-refractivity contribution in [1.82, 2.24) is 4.90 Å². The van der Waals surface area contributed by atoms with Crippen molar-refractivity contribution in [2.24, 2.45) is 0 Å². The van der Waals surface area contributed by atoms with Gasteiger partial charge in [0.15, 0.2) is 0 Å². The van der Waals surface area contributed by atoms with Crippen LogP contribution < -0.4 is 0 Å². The average molecular weight is 171 g/mol. The summed E-state index contributed by atoms with van der Waals surface area (Å²) in [6.07, 6.45) is 3.78. The predicted molar refractivity (Wildman–Crippen MR) is 46.0 cm³/mol.